The van der Waals surface area contributed by atoms with Crippen LogP contribution in [0.1, 0.15) is 31.1 Å². The Bertz CT molecular complexity index is 1040. The highest BCUT2D eigenvalue weighted by Gasteiger charge is 2.42. The van der Waals surface area contributed by atoms with Gasteiger partial charge in [-0.3, -0.25) is 24.1 Å². The van der Waals surface area contributed by atoms with Crippen molar-refractivity contribution in [3.63, 3.8) is 0 Å². The maximum absolute atomic E-state index is 12.6. The van der Waals surface area contributed by atoms with Crippen LogP contribution in [0.5, 0.6) is 0 Å². The van der Waals surface area contributed by atoms with E-state index in [2.05, 4.69) is 10.6 Å². The minimum Gasteiger partial charge on any atom is -0.355 e. The van der Waals surface area contributed by atoms with Gasteiger partial charge in [-0.2, -0.15) is 0 Å². The van der Waals surface area contributed by atoms with E-state index in [1.54, 1.807) is 18.2 Å². The van der Waals surface area contributed by atoms with Gasteiger partial charge in [0.15, 0.2) is 0 Å². The molecule has 2 N–H and O–H groups in total. The van der Waals surface area contributed by atoms with E-state index in [-0.39, 0.29) is 37.1 Å². The van der Waals surface area contributed by atoms with Gasteiger partial charge in [0, 0.05) is 18.3 Å². The zero-order valence-electron chi connectivity index (χ0n) is 14.6. The number of imide groups is 1. The number of hydrogen-bond donors (Lipinski definition) is 2. The monoisotopic (exact) mass is 473 g/mol. The largest absolute Gasteiger partial charge is 0.355 e. The summed E-state index contributed by atoms with van der Waals surface area (Å²) >= 11 is 24.0. The third-order valence-corrected chi connectivity index (χ3v) is 5.92. The second kappa shape index (κ2) is 8.20. The first-order chi connectivity index (χ1) is 13.7. The molecule has 0 atom stereocenters. The van der Waals surface area contributed by atoms with Crippen molar-refractivity contribution in [3.8, 4) is 0 Å². The summed E-state index contributed by atoms with van der Waals surface area (Å²) in [5.41, 5.74) is 0.236. The first-order valence-corrected chi connectivity index (χ1v) is 9.52. The van der Waals surface area contributed by atoms with E-state index in [0.717, 1.165) is 0 Å². The molecule has 1 aliphatic rings. The fourth-order valence-corrected chi connectivity index (χ4v) is 3.78. The molecule has 1 heterocycles. The summed E-state index contributed by atoms with van der Waals surface area (Å²) in [6, 6.07) is 6.15. The fourth-order valence-electron chi connectivity index (χ4n) is 2.77. The molecule has 0 aliphatic carbocycles. The normalized spacial score (nSPS) is 12.8. The maximum atomic E-state index is 12.6. The molecule has 0 saturated carbocycles. The average molecular weight is 475 g/mol. The summed E-state index contributed by atoms with van der Waals surface area (Å²) < 4.78 is 0. The highest BCUT2D eigenvalue weighted by Crippen LogP contribution is 2.44. The zero-order valence-corrected chi connectivity index (χ0v) is 17.6. The number of nitrogens with one attached hydrogen (secondary N) is 2. The van der Waals surface area contributed by atoms with E-state index in [0.29, 0.717) is 16.2 Å². The van der Waals surface area contributed by atoms with E-state index in [9.17, 15) is 19.2 Å². The maximum Gasteiger partial charge on any atom is 0.263 e. The molecule has 3 rings (SSSR count). The summed E-state index contributed by atoms with van der Waals surface area (Å²) in [7, 11) is 1.48. The van der Waals surface area contributed by atoms with Crippen LogP contribution in [0.3, 0.4) is 0 Å². The summed E-state index contributed by atoms with van der Waals surface area (Å²) in [5.74, 6) is -2.63. The topological polar surface area (TPSA) is 95.6 Å². The number of halogens is 4. The highest BCUT2D eigenvalue weighted by molar-refractivity contribution is 6.55. The predicted octanol–water partition coefficient (Wildman–Crippen LogP) is 3.89. The molecule has 150 valence electrons. The molecule has 2 aromatic carbocycles. The van der Waals surface area contributed by atoms with Crippen LogP contribution in [0, 0.1) is 0 Å². The van der Waals surface area contributed by atoms with E-state index in [4.69, 9.17) is 46.4 Å². The van der Waals surface area contributed by atoms with Crippen LogP contribution >= 0.6 is 46.4 Å². The fraction of sp³-hybridized carbons (Fsp3) is 0.111. The second-order valence-electron chi connectivity index (χ2n) is 5.91. The van der Waals surface area contributed by atoms with Gasteiger partial charge in [0.05, 0.1) is 31.2 Å². The standard InChI is InChI=1S/C18H11Cl4N3O4/c1-23-16(27)7-3-2-4-8(5-7)24-9(26)6-25-17(28)10-11(18(25)29)13(20)15(22)14(21)12(10)19/h2-5H,6H2,1H3,(H,23,27)(H,24,26). The number of rotatable bonds is 4. The third kappa shape index (κ3) is 3.79. The highest BCUT2D eigenvalue weighted by atomic mass is 35.5. The van der Waals surface area contributed by atoms with Gasteiger partial charge in [0.25, 0.3) is 17.7 Å². The molecule has 0 spiro atoms. The summed E-state index contributed by atoms with van der Waals surface area (Å²) in [4.78, 5) is 50.1. The Labute approximate surface area is 184 Å². The Morgan fingerprint density at radius 1 is 0.931 bits per heavy atom. The molecular weight excluding hydrogens is 464 g/mol. The van der Waals surface area contributed by atoms with Crippen LogP contribution in [0.4, 0.5) is 5.69 Å². The van der Waals surface area contributed by atoms with Gasteiger partial charge in [0.1, 0.15) is 6.54 Å². The molecular formula is C18H11Cl4N3O4. The SMILES string of the molecule is CNC(=O)c1cccc(NC(=O)CN2C(=O)c3c(Cl)c(Cl)c(Cl)c(Cl)c3C2=O)c1. The summed E-state index contributed by atoms with van der Waals surface area (Å²) in [5, 5.41) is 4.25. The van der Waals surface area contributed by atoms with Gasteiger partial charge in [-0.05, 0) is 18.2 Å². The number of carbonyl (C=O) groups is 4. The van der Waals surface area contributed by atoms with Gasteiger partial charge in [-0.1, -0.05) is 52.5 Å². The van der Waals surface area contributed by atoms with Crippen LogP contribution in [0.25, 0.3) is 0 Å². The van der Waals surface area contributed by atoms with Crippen LogP contribution < -0.4 is 10.6 Å². The van der Waals surface area contributed by atoms with E-state index in [1.807, 2.05) is 0 Å². The number of carbonyl (C=O) groups excluding carboxylic acids is 4. The Balaban J connectivity index is 1.83. The molecule has 11 heteroatoms. The molecule has 0 unspecified atom stereocenters. The number of hydrogen-bond acceptors (Lipinski definition) is 4. The van der Waals surface area contributed by atoms with Crippen molar-refractivity contribution in [2.45, 2.75) is 0 Å². The van der Waals surface area contributed by atoms with Gasteiger partial charge >= 0.3 is 0 Å². The van der Waals surface area contributed by atoms with Crippen molar-refractivity contribution < 1.29 is 19.2 Å². The quantitative estimate of drug-likeness (QED) is 0.399. The smallest absolute Gasteiger partial charge is 0.263 e. The summed E-state index contributed by atoms with van der Waals surface area (Å²) in [6.45, 7) is -0.599. The van der Waals surface area contributed by atoms with E-state index < -0.39 is 24.3 Å². The lowest BCUT2D eigenvalue weighted by Crippen LogP contribution is -2.37. The van der Waals surface area contributed by atoms with Gasteiger partial charge in [0.2, 0.25) is 5.91 Å². The molecule has 0 radical (unpaired) electrons. The number of amides is 4. The molecule has 2 aromatic rings. The lowest BCUT2D eigenvalue weighted by molar-refractivity contribution is -0.116. The van der Waals surface area contributed by atoms with E-state index in [1.165, 1.54) is 13.1 Å². The molecule has 0 bridgehead atoms. The first kappa shape index (κ1) is 21.4. The molecule has 0 fully saturated rings. The lowest BCUT2D eigenvalue weighted by Gasteiger charge is -2.14. The number of fused-ring (bicyclic) bond motifs is 1. The average Bonchev–Trinajstić information content (AvgIpc) is 2.95. The van der Waals surface area contributed by atoms with Crippen molar-refractivity contribution in [2.75, 3.05) is 18.9 Å². The molecule has 0 aromatic heterocycles. The number of benzene rings is 2. The van der Waals surface area contributed by atoms with Crippen molar-refractivity contribution in [2.24, 2.45) is 0 Å². The lowest BCUT2D eigenvalue weighted by atomic mass is 10.1. The number of anilines is 1. The minimum atomic E-state index is -0.815. The van der Waals surface area contributed by atoms with Gasteiger partial charge < -0.3 is 10.6 Å². The molecule has 4 amide bonds. The van der Waals surface area contributed by atoms with Crippen LogP contribution in [-0.4, -0.2) is 42.1 Å². The van der Waals surface area contributed by atoms with Crippen molar-refractivity contribution >= 4 is 75.7 Å². The van der Waals surface area contributed by atoms with Crippen LogP contribution in [0.15, 0.2) is 24.3 Å². The van der Waals surface area contributed by atoms with E-state index >= 15 is 0 Å². The van der Waals surface area contributed by atoms with Crippen molar-refractivity contribution in [3.05, 3.63) is 61.0 Å². The molecule has 7 nitrogen and oxygen atoms in total. The van der Waals surface area contributed by atoms with Crippen LogP contribution in [-0.2, 0) is 4.79 Å². The van der Waals surface area contributed by atoms with Gasteiger partial charge in [-0.25, -0.2) is 0 Å². The van der Waals surface area contributed by atoms with Crippen molar-refractivity contribution in [1.29, 1.82) is 0 Å². The Morgan fingerprint density at radius 2 is 1.48 bits per heavy atom. The Morgan fingerprint density at radius 3 is 2.00 bits per heavy atom. The zero-order chi connectivity index (χ0) is 21.5. The number of nitrogens with zero attached hydrogens (tertiary/aromatic N) is 1. The molecule has 29 heavy (non-hydrogen) atoms. The van der Waals surface area contributed by atoms with Gasteiger partial charge in [-0.15, -0.1) is 0 Å². The minimum absolute atomic E-state index is 0.157. The van der Waals surface area contributed by atoms with Crippen LogP contribution in [0.2, 0.25) is 20.1 Å². The Hall–Kier alpha value is -2.32. The third-order valence-electron chi connectivity index (χ3n) is 4.12. The predicted molar refractivity (Wildman–Crippen MR) is 110 cm³/mol. The Kier molecular flexibility index (Phi) is 6.05. The summed E-state index contributed by atoms with van der Waals surface area (Å²) in [6.07, 6.45) is 0. The molecule has 1 aliphatic heterocycles. The second-order valence-corrected chi connectivity index (χ2v) is 7.42. The first-order valence-electron chi connectivity index (χ1n) is 8.01. The van der Waals surface area contributed by atoms with Crippen molar-refractivity contribution in [1.82, 2.24) is 10.2 Å². The molecule has 0 saturated heterocycles.